The van der Waals surface area contributed by atoms with Crippen molar-refractivity contribution in [1.82, 2.24) is 20.6 Å². The van der Waals surface area contributed by atoms with Gasteiger partial charge in [0.2, 0.25) is 11.9 Å². The Hall–Kier alpha value is -3.40. The summed E-state index contributed by atoms with van der Waals surface area (Å²) in [5.41, 5.74) is 1.83. The highest BCUT2D eigenvalue weighted by Gasteiger charge is 2.39. The van der Waals surface area contributed by atoms with Crippen molar-refractivity contribution in [2.45, 2.75) is 52.1 Å². The zero-order chi connectivity index (χ0) is 25.5. The summed E-state index contributed by atoms with van der Waals surface area (Å²) in [6, 6.07) is 5.11. The number of benzene rings is 1. The molecule has 3 N–H and O–H groups in total. The Morgan fingerprint density at radius 1 is 1.20 bits per heavy atom. The Balaban J connectivity index is 1.93. The highest BCUT2D eigenvalue weighted by Crippen LogP contribution is 2.38. The number of fused-ring (bicyclic) bond motifs is 1. The van der Waals surface area contributed by atoms with Crippen LogP contribution < -0.4 is 30.5 Å². The molecule has 1 aromatic carbocycles. The fourth-order valence-electron chi connectivity index (χ4n) is 4.40. The lowest BCUT2D eigenvalue weighted by Crippen LogP contribution is -2.56. The van der Waals surface area contributed by atoms with Crippen LogP contribution in [0.5, 0.6) is 5.75 Å². The summed E-state index contributed by atoms with van der Waals surface area (Å²) in [7, 11) is 5.16. The van der Waals surface area contributed by atoms with Crippen LogP contribution in [0, 0.1) is 0 Å². The number of hydrogen-bond acceptors (Lipinski definition) is 8. The zero-order valence-corrected chi connectivity index (χ0v) is 21.5. The average molecular weight is 484 g/mol. The number of carbonyl (C=O) groups excluding carboxylic acids is 2. The molecule has 2 heterocycles. The average Bonchev–Trinajstić information content (AvgIpc) is 2.87. The van der Waals surface area contributed by atoms with E-state index in [1.54, 1.807) is 43.5 Å². The third-order valence-electron chi connectivity index (χ3n) is 6.40. The molecule has 3 rings (SSSR count). The van der Waals surface area contributed by atoms with Crippen LogP contribution in [0.3, 0.4) is 0 Å². The summed E-state index contributed by atoms with van der Waals surface area (Å²) >= 11 is 0. The first-order valence-electron chi connectivity index (χ1n) is 12.2. The Labute approximate surface area is 207 Å². The molecule has 0 radical (unpaired) electrons. The van der Waals surface area contributed by atoms with Crippen molar-refractivity contribution in [2.24, 2.45) is 0 Å². The lowest BCUT2D eigenvalue weighted by atomic mass is 10.0. The van der Waals surface area contributed by atoms with Crippen LogP contribution in [0.4, 0.5) is 23.1 Å². The molecule has 190 valence electrons. The highest BCUT2D eigenvalue weighted by atomic mass is 16.5. The van der Waals surface area contributed by atoms with Crippen molar-refractivity contribution in [3.05, 3.63) is 30.0 Å². The summed E-state index contributed by atoms with van der Waals surface area (Å²) in [4.78, 5) is 38.6. The molecule has 0 aliphatic carbocycles. The minimum Gasteiger partial charge on any atom is -0.495 e. The summed E-state index contributed by atoms with van der Waals surface area (Å²) in [6.45, 7) is 7.50. The highest BCUT2D eigenvalue weighted by molar-refractivity contribution is 6.04. The molecule has 1 aromatic heterocycles. The normalized spacial score (nSPS) is 15.3. The van der Waals surface area contributed by atoms with Gasteiger partial charge in [0.25, 0.3) is 5.91 Å². The predicted octanol–water partition coefficient (Wildman–Crippen LogP) is 2.93. The molecule has 2 aromatic rings. The van der Waals surface area contributed by atoms with Gasteiger partial charge in [0.15, 0.2) is 5.82 Å². The molecule has 1 atom stereocenters. The van der Waals surface area contributed by atoms with Crippen LogP contribution >= 0.6 is 0 Å². The van der Waals surface area contributed by atoms with Crippen molar-refractivity contribution < 1.29 is 14.3 Å². The molecule has 10 nitrogen and oxygen atoms in total. The number of rotatable bonds is 11. The van der Waals surface area contributed by atoms with Crippen LogP contribution in [0.1, 0.15) is 50.4 Å². The first kappa shape index (κ1) is 26.2. The molecule has 35 heavy (non-hydrogen) atoms. The number of aromatic nitrogens is 2. The van der Waals surface area contributed by atoms with Gasteiger partial charge in [-0.15, -0.1) is 0 Å². The zero-order valence-electron chi connectivity index (χ0n) is 21.5. The smallest absolute Gasteiger partial charge is 0.251 e. The molecule has 0 bridgehead atoms. The van der Waals surface area contributed by atoms with Gasteiger partial charge in [-0.2, -0.15) is 4.98 Å². The van der Waals surface area contributed by atoms with E-state index in [9.17, 15) is 9.59 Å². The molecule has 1 aliphatic rings. The Bertz CT molecular complexity index is 1040. The van der Waals surface area contributed by atoms with E-state index >= 15 is 0 Å². The van der Waals surface area contributed by atoms with Crippen molar-refractivity contribution in [3.63, 3.8) is 0 Å². The van der Waals surface area contributed by atoms with Gasteiger partial charge in [-0.05, 0) is 44.5 Å². The van der Waals surface area contributed by atoms with E-state index in [2.05, 4.69) is 39.7 Å². The van der Waals surface area contributed by atoms with E-state index < -0.39 is 0 Å². The number of nitrogens with zero attached hydrogens (tertiary/aromatic N) is 4. The van der Waals surface area contributed by atoms with Crippen molar-refractivity contribution in [2.75, 3.05) is 49.4 Å². The second kappa shape index (κ2) is 11.8. The largest absolute Gasteiger partial charge is 0.495 e. The molecular formula is C25H37N7O3. The van der Waals surface area contributed by atoms with Gasteiger partial charge in [-0.25, -0.2) is 4.98 Å². The molecule has 0 spiro atoms. The van der Waals surface area contributed by atoms with E-state index in [4.69, 9.17) is 9.72 Å². The topological polar surface area (TPSA) is 112 Å². The van der Waals surface area contributed by atoms with Gasteiger partial charge < -0.3 is 30.5 Å². The molecular weight excluding hydrogens is 446 g/mol. The quantitative estimate of drug-likeness (QED) is 0.418. The van der Waals surface area contributed by atoms with Crippen molar-refractivity contribution in [3.8, 4) is 5.75 Å². The summed E-state index contributed by atoms with van der Waals surface area (Å²) < 4.78 is 5.53. The first-order chi connectivity index (χ1) is 16.9. The molecule has 0 fully saturated rings. The minimum absolute atomic E-state index is 0.0569. The third kappa shape index (κ3) is 5.48. The standard InChI is InChI=1S/C25H37N7O3/c1-7-17(8-2)32-19(9-3)24(34)31(5)20-15-28-25(30-22(20)32)29-18-11-10-16(14-21(18)35-6)23(33)27-13-12-26-4/h10-11,14-15,17,19,26H,7-9,12-13H2,1-6H3,(H,27,33)(H,28,29,30)/t19-/m1/s1. The summed E-state index contributed by atoms with van der Waals surface area (Å²) in [6.07, 6.45) is 4.18. The van der Waals surface area contributed by atoms with Crippen molar-refractivity contribution >= 4 is 35.0 Å². The first-order valence-corrected chi connectivity index (χ1v) is 12.2. The summed E-state index contributed by atoms with van der Waals surface area (Å²) in [5.74, 6) is 1.52. The number of amides is 2. The fraction of sp³-hybridized carbons (Fsp3) is 0.520. The van der Waals surface area contributed by atoms with Crippen LogP contribution in [-0.4, -0.2) is 68.2 Å². The SMILES string of the molecule is CCC(CC)N1c2nc(Nc3ccc(C(=O)NCCNC)cc3OC)ncc2N(C)C(=O)[C@H]1CC. The Morgan fingerprint density at radius 3 is 2.57 bits per heavy atom. The number of ether oxygens (including phenoxy) is 1. The van der Waals surface area contributed by atoms with E-state index in [0.717, 1.165) is 18.7 Å². The lowest BCUT2D eigenvalue weighted by molar-refractivity contribution is -0.120. The van der Waals surface area contributed by atoms with E-state index in [1.807, 2.05) is 14.0 Å². The number of carbonyl (C=O) groups is 2. The van der Waals surface area contributed by atoms with Gasteiger partial charge in [0, 0.05) is 31.7 Å². The number of hydrogen-bond donors (Lipinski definition) is 3. The van der Waals surface area contributed by atoms with Gasteiger partial charge in [-0.1, -0.05) is 20.8 Å². The predicted molar refractivity (Wildman–Crippen MR) is 139 cm³/mol. The van der Waals surface area contributed by atoms with Crippen LogP contribution in [0.15, 0.2) is 24.4 Å². The van der Waals surface area contributed by atoms with Gasteiger partial charge >= 0.3 is 0 Å². The lowest BCUT2D eigenvalue weighted by Gasteiger charge is -2.44. The molecule has 1 aliphatic heterocycles. The van der Waals surface area contributed by atoms with Crippen LogP contribution in [0.25, 0.3) is 0 Å². The van der Waals surface area contributed by atoms with E-state index in [1.165, 1.54) is 0 Å². The van der Waals surface area contributed by atoms with Crippen molar-refractivity contribution in [1.29, 1.82) is 0 Å². The number of likely N-dealkylation sites (N-methyl/N-ethyl adjacent to an activating group) is 2. The number of methoxy groups -OCH3 is 1. The van der Waals surface area contributed by atoms with E-state index in [0.29, 0.717) is 48.1 Å². The maximum atomic E-state index is 13.1. The number of anilines is 4. The minimum atomic E-state index is -0.268. The maximum absolute atomic E-state index is 13.1. The molecule has 0 saturated heterocycles. The maximum Gasteiger partial charge on any atom is 0.251 e. The van der Waals surface area contributed by atoms with Gasteiger partial charge in [-0.3, -0.25) is 9.59 Å². The fourth-order valence-corrected chi connectivity index (χ4v) is 4.40. The van der Waals surface area contributed by atoms with Crippen LogP contribution in [0.2, 0.25) is 0 Å². The second-order valence-electron chi connectivity index (χ2n) is 8.50. The van der Waals surface area contributed by atoms with E-state index in [-0.39, 0.29) is 23.9 Å². The third-order valence-corrected chi connectivity index (χ3v) is 6.40. The molecule has 0 saturated carbocycles. The number of nitrogens with one attached hydrogen (secondary N) is 3. The van der Waals surface area contributed by atoms with Gasteiger partial charge in [0.05, 0.1) is 19.0 Å². The molecule has 10 heteroatoms. The molecule has 0 unspecified atom stereocenters. The summed E-state index contributed by atoms with van der Waals surface area (Å²) in [5, 5.41) is 9.08. The Morgan fingerprint density at radius 2 is 1.94 bits per heavy atom. The van der Waals surface area contributed by atoms with Gasteiger partial charge in [0.1, 0.15) is 17.5 Å². The van der Waals surface area contributed by atoms with Crippen LogP contribution in [-0.2, 0) is 4.79 Å². The monoisotopic (exact) mass is 483 g/mol. The molecule has 2 amide bonds. The Kier molecular flexibility index (Phi) is 8.86. The second-order valence-corrected chi connectivity index (χ2v) is 8.50.